The number of fused-ring (bicyclic) bond motifs is 1. The van der Waals surface area contributed by atoms with Crippen molar-refractivity contribution in [3.05, 3.63) is 36.0 Å². The highest BCUT2D eigenvalue weighted by atomic mass is 15.0. The molecule has 0 amide bonds. The van der Waals surface area contributed by atoms with Crippen LogP contribution < -0.4 is 5.32 Å². The van der Waals surface area contributed by atoms with Crippen molar-refractivity contribution in [3.8, 4) is 0 Å². The Morgan fingerprint density at radius 2 is 2.05 bits per heavy atom. The van der Waals surface area contributed by atoms with E-state index in [9.17, 15) is 0 Å². The smallest absolute Gasteiger partial charge is 0.0483 e. The molecule has 0 unspecified atom stereocenters. The van der Waals surface area contributed by atoms with Crippen molar-refractivity contribution >= 4 is 10.9 Å². The molecule has 1 heterocycles. The molecule has 2 heteroatoms. The van der Waals surface area contributed by atoms with Gasteiger partial charge in [0, 0.05) is 36.2 Å². The Morgan fingerprint density at radius 3 is 2.79 bits per heavy atom. The summed E-state index contributed by atoms with van der Waals surface area (Å²) in [7, 11) is 0. The highest BCUT2D eigenvalue weighted by Gasteiger charge is 2.20. The van der Waals surface area contributed by atoms with Crippen LogP contribution in [0.25, 0.3) is 10.9 Å². The number of nitrogens with one attached hydrogen (secondary N) is 1. The molecule has 102 valence electrons. The number of hydrogen-bond acceptors (Lipinski definition) is 1. The maximum atomic E-state index is 3.63. The number of para-hydroxylation sites is 1. The van der Waals surface area contributed by atoms with Crippen LogP contribution in [0.1, 0.15) is 38.7 Å². The first-order valence-electron chi connectivity index (χ1n) is 7.54. The fraction of sp³-hybridized carbons (Fsp3) is 0.529. The SMILES string of the molecule is CC(C)CCn1cc(CNC2CC2)c2ccccc21. The molecular formula is C17H24N2. The Balaban J connectivity index is 1.83. The summed E-state index contributed by atoms with van der Waals surface area (Å²) >= 11 is 0. The van der Waals surface area contributed by atoms with Gasteiger partial charge in [-0.05, 0) is 36.8 Å². The van der Waals surface area contributed by atoms with Gasteiger partial charge in [0.05, 0.1) is 0 Å². The third kappa shape index (κ3) is 3.01. The van der Waals surface area contributed by atoms with E-state index in [1.165, 1.54) is 35.7 Å². The molecule has 19 heavy (non-hydrogen) atoms. The van der Waals surface area contributed by atoms with E-state index in [4.69, 9.17) is 0 Å². The summed E-state index contributed by atoms with van der Waals surface area (Å²) in [5.41, 5.74) is 2.84. The van der Waals surface area contributed by atoms with Crippen LogP contribution >= 0.6 is 0 Å². The molecule has 0 saturated heterocycles. The van der Waals surface area contributed by atoms with Crippen molar-refractivity contribution in [1.29, 1.82) is 0 Å². The number of aryl methyl sites for hydroxylation is 1. The second-order valence-electron chi connectivity index (χ2n) is 6.20. The van der Waals surface area contributed by atoms with Crippen LogP contribution in [0.2, 0.25) is 0 Å². The van der Waals surface area contributed by atoms with Crippen molar-refractivity contribution in [1.82, 2.24) is 9.88 Å². The molecule has 3 rings (SSSR count). The van der Waals surface area contributed by atoms with Crippen LogP contribution in [-0.2, 0) is 13.1 Å². The molecule has 0 radical (unpaired) electrons. The highest BCUT2D eigenvalue weighted by Crippen LogP contribution is 2.24. The van der Waals surface area contributed by atoms with E-state index < -0.39 is 0 Å². The van der Waals surface area contributed by atoms with Crippen molar-refractivity contribution in [2.75, 3.05) is 0 Å². The normalized spacial score (nSPS) is 15.5. The lowest BCUT2D eigenvalue weighted by molar-refractivity contribution is 0.523. The van der Waals surface area contributed by atoms with Crippen LogP contribution in [0.4, 0.5) is 0 Å². The third-order valence-corrected chi connectivity index (χ3v) is 3.98. The molecule has 1 fully saturated rings. The topological polar surface area (TPSA) is 17.0 Å². The van der Waals surface area contributed by atoms with E-state index in [0.29, 0.717) is 0 Å². The summed E-state index contributed by atoms with van der Waals surface area (Å²) in [6.45, 7) is 6.73. The zero-order chi connectivity index (χ0) is 13.2. The lowest BCUT2D eigenvalue weighted by Crippen LogP contribution is -2.14. The Morgan fingerprint density at radius 1 is 1.26 bits per heavy atom. The molecule has 2 nitrogen and oxygen atoms in total. The Labute approximate surface area is 115 Å². The molecule has 2 aromatic rings. The quantitative estimate of drug-likeness (QED) is 0.828. The minimum absolute atomic E-state index is 0.759. The van der Waals surface area contributed by atoms with Gasteiger partial charge in [-0.3, -0.25) is 0 Å². The van der Waals surface area contributed by atoms with Gasteiger partial charge in [-0.1, -0.05) is 32.0 Å². The zero-order valence-corrected chi connectivity index (χ0v) is 12.0. The number of hydrogen-bond donors (Lipinski definition) is 1. The molecule has 0 bridgehead atoms. The van der Waals surface area contributed by atoms with Gasteiger partial charge in [0.15, 0.2) is 0 Å². The van der Waals surface area contributed by atoms with E-state index in [-0.39, 0.29) is 0 Å². The minimum atomic E-state index is 0.759. The largest absolute Gasteiger partial charge is 0.347 e. The second kappa shape index (κ2) is 5.38. The van der Waals surface area contributed by atoms with Crippen LogP contribution in [0.5, 0.6) is 0 Å². The van der Waals surface area contributed by atoms with Gasteiger partial charge >= 0.3 is 0 Å². The molecule has 1 N–H and O–H groups in total. The van der Waals surface area contributed by atoms with Crippen molar-refractivity contribution in [3.63, 3.8) is 0 Å². The van der Waals surface area contributed by atoms with E-state index in [1.807, 2.05) is 0 Å². The van der Waals surface area contributed by atoms with Gasteiger partial charge in [-0.15, -0.1) is 0 Å². The molecule has 1 aliphatic carbocycles. The Bertz CT molecular complexity index is 509. The molecule has 0 aliphatic heterocycles. The van der Waals surface area contributed by atoms with Crippen molar-refractivity contribution in [2.24, 2.45) is 5.92 Å². The summed E-state index contributed by atoms with van der Waals surface area (Å²) < 4.78 is 2.43. The van der Waals surface area contributed by atoms with Crippen LogP contribution in [0, 0.1) is 5.92 Å². The lowest BCUT2D eigenvalue weighted by atomic mass is 10.1. The van der Waals surface area contributed by atoms with Gasteiger partial charge in [0.2, 0.25) is 0 Å². The van der Waals surface area contributed by atoms with E-state index in [2.05, 4.69) is 54.2 Å². The average Bonchev–Trinajstić information content (AvgIpc) is 3.16. The minimum Gasteiger partial charge on any atom is -0.347 e. The maximum absolute atomic E-state index is 3.63. The molecule has 0 spiro atoms. The fourth-order valence-electron chi connectivity index (χ4n) is 2.59. The molecular weight excluding hydrogens is 232 g/mol. The fourth-order valence-corrected chi connectivity index (χ4v) is 2.59. The van der Waals surface area contributed by atoms with E-state index in [0.717, 1.165) is 25.0 Å². The molecule has 1 saturated carbocycles. The Hall–Kier alpha value is -1.28. The van der Waals surface area contributed by atoms with Gasteiger partial charge < -0.3 is 9.88 Å². The monoisotopic (exact) mass is 256 g/mol. The predicted molar refractivity (Wildman–Crippen MR) is 81.3 cm³/mol. The molecule has 0 atom stereocenters. The number of rotatable bonds is 6. The first-order chi connectivity index (χ1) is 9.24. The first kappa shape index (κ1) is 12.7. The molecule has 1 aliphatic rings. The van der Waals surface area contributed by atoms with Gasteiger partial charge in [-0.2, -0.15) is 0 Å². The maximum Gasteiger partial charge on any atom is 0.0483 e. The zero-order valence-electron chi connectivity index (χ0n) is 12.0. The highest BCUT2D eigenvalue weighted by molar-refractivity contribution is 5.83. The second-order valence-corrected chi connectivity index (χ2v) is 6.20. The van der Waals surface area contributed by atoms with Gasteiger partial charge in [0.1, 0.15) is 0 Å². The standard InChI is InChI=1S/C17H24N2/c1-13(2)9-10-19-12-14(11-18-15-7-8-15)16-5-3-4-6-17(16)19/h3-6,12-13,15,18H,7-11H2,1-2H3. The number of nitrogens with zero attached hydrogens (tertiary/aromatic N) is 1. The third-order valence-electron chi connectivity index (χ3n) is 3.98. The van der Waals surface area contributed by atoms with E-state index >= 15 is 0 Å². The average molecular weight is 256 g/mol. The summed E-state index contributed by atoms with van der Waals surface area (Å²) in [5, 5.41) is 5.05. The molecule has 1 aromatic heterocycles. The lowest BCUT2D eigenvalue weighted by Gasteiger charge is -2.07. The molecule has 1 aromatic carbocycles. The van der Waals surface area contributed by atoms with Crippen molar-refractivity contribution in [2.45, 2.75) is 52.2 Å². The van der Waals surface area contributed by atoms with Crippen LogP contribution in [-0.4, -0.2) is 10.6 Å². The van der Waals surface area contributed by atoms with Gasteiger partial charge in [0.25, 0.3) is 0 Å². The summed E-state index contributed by atoms with van der Waals surface area (Å²) in [4.78, 5) is 0. The summed E-state index contributed by atoms with van der Waals surface area (Å²) in [6.07, 6.45) is 6.30. The van der Waals surface area contributed by atoms with Crippen molar-refractivity contribution < 1.29 is 0 Å². The summed E-state index contributed by atoms with van der Waals surface area (Å²) in [5.74, 6) is 0.759. The number of aromatic nitrogens is 1. The first-order valence-corrected chi connectivity index (χ1v) is 7.54. The van der Waals surface area contributed by atoms with Crippen LogP contribution in [0.15, 0.2) is 30.5 Å². The van der Waals surface area contributed by atoms with E-state index in [1.54, 1.807) is 0 Å². The summed E-state index contributed by atoms with van der Waals surface area (Å²) in [6, 6.07) is 9.57. The Kier molecular flexibility index (Phi) is 3.61. The van der Waals surface area contributed by atoms with Crippen LogP contribution in [0.3, 0.4) is 0 Å². The number of benzene rings is 1. The van der Waals surface area contributed by atoms with Gasteiger partial charge in [-0.25, -0.2) is 0 Å². The predicted octanol–water partition coefficient (Wildman–Crippen LogP) is 3.94.